The molecule has 1 aliphatic heterocycles. The number of likely N-dealkylation sites (tertiary alicyclic amines) is 1. The first kappa shape index (κ1) is 14.7. The summed E-state index contributed by atoms with van der Waals surface area (Å²) in [5, 5.41) is 8.27. The molecule has 2 aromatic heterocycles. The highest BCUT2D eigenvalue weighted by atomic mass is 16.5. The Morgan fingerprint density at radius 3 is 2.96 bits per heavy atom. The van der Waals surface area contributed by atoms with Gasteiger partial charge in [-0.1, -0.05) is 18.2 Å². The normalized spacial score (nSPS) is 17.4. The van der Waals surface area contributed by atoms with Crippen molar-refractivity contribution in [3.63, 3.8) is 0 Å². The van der Waals surface area contributed by atoms with Gasteiger partial charge in [0.1, 0.15) is 11.3 Å². The van der Waals surface area contributed by atoms with Crippen molar-refractivity contribution in [1.82, 2.24) is 19.7 Å². The molecule has 0 saturated carbocycles. The number of amides is 1. The number of hydrogen-bond donors (Lipinski definition) is 0. The smallest absolute Gasteiger partial charge is 0.257 e. The molecule has 0 N–H and O–H groups in total. The number of methoxy groups -OCH3 is 1. The molecule has 1 atom stereocenters. The van der Waals surface area contributed by atoms with E-state index in [2.05, 4.69) is 16.3 Å². The Morgan fingerprint density at radius 1 is 1.21 bits per heavy atom. The fraction of sp³-hybridized carbons (Fsp3) is 0.278. The van der Waals surface area contributed by atoms with Crippen molar-refractivity contribution in [1.29, 1.82) is 0 Å². The maximum atomic E-state index is 12.9. The van der Waals surface area contributed by atoms with Crippen LogP contribution in [-0.4, -0.2) is 45.8 Å². The predicted molar refractivity (Wildman–Crippen MR) is 89.2 cm³/mol. The molecule has 4 rings (SSSR count). The molecule has 24 heavy (non-hydrogen) atoms. The number of benzene rings is 1. The predicted octanol–water partition coefficient (Wildman–Crippen LogP) is 2.37. The molecule has 1 saturated heterocycles. The van der Waals surface area contributed by atoms with Crippen LogP contribution in [0.25, 0.3) is 5.52 Å². The first-order valence-corrected chi connectivity index (χ1v) is 7.99. The lowest BCUT2D eigenvalue weighted by molar-refractivity contribution is 0.0792. The van der Waals surface area contributed by atoms with Gasteiger partial charge in [-0.25, -0.2) is 0 Å². The van der Waals surface area contributed by atoms with Crippen molar-refractivity contribution < 1.29 is 9.53 Å². The molecule has 6 heteroatoms. The standard InChI is InChI=1S/C18H18N4O2/c1-24-17-7-3-2-5-14(17)13-8-10-21(12-13)18(23)15-11-20-22-16(15)6-4-9-19-22/h2-7,9,11,13H,8,10,12H2,1H3. The van der Waals surface area contributed by atoms with Crippen LogP contribution in [0.5, 0.6) is 5.75 Å². The number of carbonyl (C=O) groups excluding carboxylic acids is 1. The van der Waals surface area contributed by atoms with Gasteiger partial charge in [-0.3, -0.25) is 4.79 Å². The van der Waals surface area contributed by atoms with Crippen molar-refractivity contribution in [2.45, 2.75) is 12.3 Å². The third-order valence-corrected chi connectivity index (χ3v) is 4.59. The molecule has 3 aromatic rings. The van der Waals surface area contributed by atoms with Gasteiger partial charge in [-0.15, -0.1) is 0 Å². The summed E-state index contributed by atoms with van der Waals surface area (Å²) < 4.78 is 6.95. The van der Waals surface area contributed by atoms with Gasteiger partial charge in [0.2, 0.25) is 0 Å². The lowest BCUT2D eigenvalue weighted by atomic mass is 9.97. The molecular weight excluding hydrogens is 304 g/mol. The topological polar surface area (TPSA) is 59.7 Å². The Hall–Kier alpha value is -2.89. The third-order valence-electron chi connectivity index (χ3n) is 4.59. The second-order valence-corrected chi connectivity index (χ2v) is 5.94. The SMILES string of the molecule is COc1ccccc1C1CCN(C(=O)c2cnn3ncccc23)C1. The summed E-state index contributed by atoms with van der Waals surface area (Å²) in [6.45, 7) is 1.43. The van der Waals surface area contributed by atoms with E-state index in [9.17, 15) is 4.79 Å². The van der Waals surface area contributed by atoms with Crippen LogP contribution in [0.3, 0.4) is 0 Å². The quantitative estimate of drug-likeness (QED) is 0.743. The summed E-state index contributed by atoms with van der Waals surface area (Å²) >= 11 is 0. The molecule has 1 fully saturated rings. The molecule has 0 aliphatic carbocycles. The number of fused-ring (bicyclic) bond motifs is 1. The number of nitrogens with zero attached hydrogens (tertiary/aromatic N) is 4. The van der Waals surface area contributed by atoms with Gasteiger partial charge < -0.3 is 9.64 Å². The van der Waals surface area contributed by atoms with Crippen molar-refractivity contribution in [3.05, 3.63) is 59.9 Å². The monoisotopic (exact) mass is 322 g/mol. The zero-order chi connectivity index (χ0) is 16.5. The van der Waals surface area contributed by atoms with Crippen LogP contribution in [0.4, 0.5) is 0 Å². The molecule has 6 nitrogen and oxygen atoms in total. The highest BCUT2D eigenvalue weighted by Gasteiger charge is 2.30. The van der Waals surface area contributed by atoms with Crippen LogP contribution in [-0.2, 0) is 0 Å². The van der Waals surface area contributed by atoms with Crippen molar-refractivity contribution >= 4 is 11.4 Å². The van der Waals surface area contributed by atoms with Crippen LogP contribution in [0, 0.1) is 0 Å². The van der Waals surface area contributed by atoms with Crippen molar-refractivity contribution in [3.8, 4) is 5.75 Å². The summed E-state index contributed by atoms with van der Waals surface area (Å²) in [5.41, 5.74) is 2.50. The largest absolute Gasteiger partial charge is 0.496 e. The molecule has 3 heterocycles. The average Bonchev–Trinajstić information content (AvgIpc) is 3.28. The highest BCUT2D eigenvalue weighted by molar-refractivity contribution is 6.00. The molecule has 0 radical (unpaired) electrons. The van der Waals surface area contributed by atoms with Crippen molar-refractivity contribution in [2.75, 3.05) is 20.2 Å². The molecule has 0 spiro atoms. The average molecular weight is 322 g/mol. The van der Waals surface area contributed by atoms with Gasteiger partial charge in [-0.2, -0.15) is 14.8 Å². The lowest BCUT2D eigenvalue weighted by Gasteiger charge is -2.17. The van der Waals surface area contributed by atoms with Gasteiger partial charge in [0.25, 0.3) is 5.91 Å². The molecule has 122 valence electrons. The summed E-state index contributed by atoms with van der Waals surface area (Å²) in [4.78, 5) is 14.8. The second kappa shape index (κ2) is 5.96. The van der Waals surface area contributed by atoms with Gasteiger partial charge in [0.15, 0.2) is 0 Å². The Labute approximate surface area is 139 Å². The molecule has 0 bridgehead atoms. The van der Waals surface area contributed by atoms with Crippen molar-refractivity contribution in [2.24, 2.45) is 0 Å². The number of hydrogen-bond acceptors (Lipinski definition) is 4. The van der Waals surface area contributed by atoms with E-state index in [4.69, 9.17) is 4.74 Å². The van der Waals surface area contributed by atoms with Crippen LogP contribution >= 0.6 is 0 Å². The van der Waals surface area contributed by atoms with Crippen LogP contribution in [0.1, 0.15) is 28.3 Å². The Kier molecular flexibility index (Phi) is 3.65. The van der Waals surface area contributed by atoms with Crippen LogP contribution in [0.15, 0.2) is 48.8 Å². The molecule has 1 unspecified atom stereocenters. The van der Waals surface area contributed by atoms with E-state index in [0.29, 0.717) is 18.0 Å². The van der Waals surface area contributed by atoms with Gasteiger partial charge in [0, 0.05) is 25.2 Å². The fourth-order valence-corrected chi connectivity index (χ4v) is 3.37. The van der Waals surface area contributed by atoms with Crippen LogP contribution < -0.4 is 4.74 Å². The maximum absolute atomic E-state index is 12.9. The first-order chi connectivity index (χ1) is 11.8. The van der Waals surface area contributed by atoms with E-state index >= 15 is 0 Å². The fourth-order valence-electron chi connectivity index (χ4n) is 3.37. The number of ether oxygens (including phenoxy) is 1. The number of carbonyl (C=O) groups is 1. The Balaban J connectivity index is 1.57. The minimum Gasteiger partial charge on any atom is -0.496 e. The minimum atomic E-state index is 0.00963. The van der Waals surface area contributed by atoms with E-state index in [1.54, 1.807) is 19.5 Å². The van der Waals surface area contributed by atoms with E-state index < -0.39 is 0 Å². The van der Waals surface area contributed by atoms with Gasteiger partial charge in [0.05, 0.1) is 18.9 Å². The first-order valence-electron chi connectivity index (χ1n) is 7.99. The Morgan fingerprint density at radius 2 is 2.08 bits per heavy atom. The zero-order valence-corrected chi connectivity index (χ0v) is 13.4. The van der Waals surface area contributed by atoms with Crippen LogP contribution in [0.2, 0.25) is 0 Å². The molecule has 1 aliphatic rings. The molecular formula is C18H18N4O2. The highest BCUT2D eigenvalue weighted by Crippen LogP contribution is 2.34. The third kappa shape index (κ3) is 2.40. The maximum Gasteiger partial charge on any atom is 0.257 e. The number of para-hydroxylation sites is 1. The summed E-state index contributed by atoms with van der Waals surface area (Å²) in [6.07, 6.45) is 4.19. The van der Waals surface area contributed by atoms with E-state index in [-0.39, 0.29) is 5.91 Å². The van der Waals surface area contributed by atoms with Gasteiger partial charge >= 0.3 is 0 Å². The number of aromatic nitrogens is 3. The lowest BCUT2D eigenvalue weighted by Crippen LogP contribution is -2.28. The molecule has 1 amide bonds. The Bertz CT molecular complexity index is 889. The zero-order valence-electron chi connectivity index (χ0n) is 13.4. The van der Waals surface area contributed by atoms with E-state index in [0.717, 1.165) is 29.8 Å². The summed E-state index contributed by atoms with van der Waals surface area (Å²) in [5.74, 6) is 1.19. The minimum absolute atomic E-state index is 0.00963. The van der Waals surface area contributed by atoms with Gasteiger partial charge in [-0.05, 0) is 30.2 Å². The van der Waals surface area contributed by atoms with E-state index in [1.807, 2.05) is 35.2 Å². The summed E-state index contributed by atoms with van der Waals surface area (Å²) in [6, 6.07) is 11.7. The molecule has 1 aromatic carbocycles. The van der Waals surface area contributed by atoms with E-state index in [1.165, 1.54) is 4.63 Å². The second-order valence-electron chi connectivity index (χ2n) is 5.94. The summed E-state index contributed by atoms with van der Waals surface area (Å²) in [7, 11) is 1.68. The number of rotatable bonds is 3.